The number of fused-ring (bicyclic) bond motifs is 9. The number of nitrogens with zero attached hydrogens (tertiary/aromatic N) is 5. The van der Waals surface area contributed by atoms with Crippen LogP contribution >= 0.6 is 0 Å². The molecule has 0 N–H and O–H groups in total. The van der Waals surface area contributed by atoms with Gasteiger partial charge in [0.2, 0.25) is 5.95 Å². The fraction of sp³-hybridized carbons (Fsp3) is 0. The summed E-state index contributed by atoms with van der Waals surface area (Å²) >= 11 is 0. The van der Waals surface area contributed by atoms with E-state index in [0.29, 0.717) is 5.95 Å². The molecule has 0 amide bonds. The van der Waals surface area contributed by atoms with Crippen LogP contribution in [0.5, 0.6) is 0 Å². The van der Waals surface area contributed by atoms with E-state index in [1.807, 2.05) is 24.4 Å². The van der Waals surface area contributed by atoms with Gasteiger partial charge in [-0.1, -0.05) is 121 Å². The molecular formula is C43H27N5. The third-order valence-corrected chi connectivity index (χ3v) is 9.36. The summed E-state index contributed by atoms with van der Waals surface area (Å²) in [6.07, 6.45) is 1.99. The van der Waals surface area contributed by atoms with Crippen molar-refractivity contribution in [3.05, 3.63) is 164 Å². The lowest BCUT2D eigenvalue weighted by atomic mass is 9.98. The molecule has 0 radical (unpaired) electrons. The number of hydrogen-bond acceptors (Lipinski definition) is 4. The third kappa shape index (κ3) is 3.94. The van der Waals surface area contributed by atoms with Gasteiger partial charge in [-0.05, 0) is 36.4 Å². The van der Waals surface area contributed by atoms with Crippen LogP contribution in [0, 0.1) is 0 Å². The largest absolute Gasteiger partial charge is 0.307 e. The molecule has 1 aliphatic heterocycles. The first-order valence-electron chi connectivity index (χ1n) is 16.1. The number of para-hydroxylation sites is 5. The fourth-order valence-corrected chi connectivity index (χ4v) is 7.29. The summed E-state index contributed by atoms with van der Waals surface area (Å²) in [5, 5.41) is 3.30. The molecule has 224 valence electrons. The average molecular weight is 614 g/mol. The molecule has 4 heterocycles. The van der Waals surface area contributed by atoms with Crippen molar-refractivity contribution < 1.29 is 0 Å². The summed E-state index contributed by atoms with van der Waals surface area (Å²) in [5.41, 5.74) is 12.5. The molecule has 0 unspecified atom stereocenters. The van der Waals surface area contributed by atoms with Crippen molar-refractivity contribution in [1.82, 2.24) is 19.5 Å². The average Bonchev–Trinajstić information content (AvgIpc) is 3.44. The fourth-order valence-electron chi connectivity index (χ4n) is 7.29. The molecule has 6 aromatic carbocycles. The highest BCUT2D eigenvalue weighted by Gasteiger charge is 2.32. The Kier molecular flexibility index (Phi) is 5.81. The predicted octanol–water partition coefficient (Wildman–Crippen LogP) is 10.9. The van der Waals surface area contributed by atoms with E-state index in [-0.39, 0.29) is 0 Å². The molecule has 1 aliphatic rings. The first-order chi connectivity index (χ1) is 23.8. The van der Waals surface area contributed by atoms with Gasteiger partial charge in [0, 0.05) is 38.4 Å². The highest BCUT2D eigenvalue weighted by molar-refractivity contribution is 6.13. The molecule has 0 saturated carbocycles. The van der Waals surface area contributed by atoms with Gasteiger partial charge in [-0.2, -0.15) is 0 Å². The molecule has 0 aliphatic carbocycles. The number of hydrogen-bond donors (Lipinski definition) is 0. The van der Waals surface area contributed by atoms with Gasteiger partial charge in [0.25, 0.3) is 0 Å². The van der Waals surface area contributed by atoms with Gasteiger partial charge < -0.3 is 4.57 Å². The van der Waals surface area contributed by atoms with Gasteiger partial charge in [-0.3, -0.25) is 9.88 Å². The van der Waals surface area contributed by atoms with Crippen LogP contribution in [0.1, 0.15) is 0 Å². The molecule has 0 saturated heterocycles. The third-order valence-electron chi connectivity index (χ3n) is 9.36. The highest BCUT2D eigenvalue weighted by atomic mass is 15.3. The van der Waals surface area contributed by atoms with Gasteiger partial charge in [0.1, 0.15) is 0 Å². The number of pyridine rings is 1. The zero-order chi connectivity index (χ0) is 31.6. The van der Waals surface area contributed by atoms with Crippen molar-refractivity contribution in [3.8, 4) is 39.3 Å². The first kappa shape index (κ1) is 26.6. The Labute approximate surface area is 277 Å². The molecule has 3 aromatic heterocycles. The second kappa shape index (κ2) is 10.5. The van der Waals surface area contributed by atoms with Crippen LogP contribution in [0.4, 0.5) is 17.3 Å². The number of aromatic nitrogens is 4. The van der Waals surface area contributed by atoms with E-state index in [9.17, 15) is 0 Å². The molecule has 0 spiro atoms. The zero-order valence-corrected chi connectivity index (χ0v) is 25.8. The van der Waals surface area contributed by atoms with Crippen LogP contribution in [0.25, 0.3) is 72.0 Å². The summed E-state index contributed by atoms with van der Waals surface area (Å²) in [5.74, 6) is 0.626. The first-order valence-corrected chi connectivity index (χ1v) is 16.1. The minimum Gasteiger partial charge on any atom is -0.307 e. The second-order valence-corrected chi connectivity index (χ2v) is 12.1. The van der Waals surface area contributed by atoms with Crippen molar-refractivity contribution in [2.24, 2.45) is 0 Å². The Hall–Kier alpha value is -6.59. The number of anilines is 3. The van der Waals surface area contributed by atoms with Crippen LogP contribution in [0.3, 0.4) is 0 Å². The minimum absolute atomic E-state index is 0.626. The highest BCUT2D eigenvalue weighted by Crippen LogP contribution is 2.54. The normalized spacial score (nSPS) is 12.1. The SMILES string of the molecule is c1ccc(-c2nc(N3c4ccccc4-c4c(n(-c5cnc6ccccc6c5)c5ccccc45)-c4ccccc43)nc3ccccc23)cc1. The summed E-state index contributed by atoms with van der Waals surface area (Å²) in [7, 11) is 0. The quantitative estimate of drug-likeness (QED) is 0.199. The summed E-state index contributed by atoms with van der Waals surface area (Å²) in [6, 6.07) is 55.1. The smallest absolute Gasteiger partial charge is 0.235 e. The van der Waals surface area contributed by atoms with Crippen molar-refractivity contribution >= 4 is 50.0 Å². The van der Waals surface area contributed by atoms with E-state index in [2.05, 4.69) is 149 Å². The molecule has 0 atom stereocenters. The topological polar surface area (TPSA) is 46.8 Å². The van der Waals surface area contributed by atoms with Gasteiger partial charge in [0.15, 0.2) is 0 Å². The Morgan fingerprint density at radius 2 is 1.15 bits per heavy atom. The van der Waals surface area contributed by atoms with E-state index in [1.165, 1.54) is 10.9 Å². The van der Waals surface area contributed by atoms with Gasteiger partial charge in [-0.15, -0.1) is 0 Å². The lowest BCUT2D eigenvalue weighted by Crippen LogP contribution is -2.15. The predicted molar refractivity (Wildman–Crippen MR) is 196 cm³/mol. The van der Waals surface area contributed by atoms with Crippen LogP contribution in [0.2, 0.25) is 0 Å². The minimum atomic E-state index is 0.626. The Balaban J connectivity index is 1.32. The molecule has 0 bridgehead atoms. The number of rotatable bonds is 3. The van der Waals surface area contributed by atoms with Gasteiger partial charge in [-0.25, -0.2) is 9.97 Å². The molecular weight excluding hydrogens is 587 g/mol. The maximum atomic E-state index is 5.36. The van der Waals surface area contributed by atoms with E-state index >= 15 is 0 Å². The monoisotopic (exact) mass is 613 g/mol. The second-order valence-electron chi connectivity index (χ2n) is 12.1. The summed E-state index contributed by atoms with van der Waals surface area (Å²) < 4.78 is 2.37. The standard InChI is InChI=1S/C43H27N5/c1-2-14-28(15-3-1)41-31-17-5-10-22-36(31)45-43(46-41)48-38-24-12-7-19-33(38)40-32-18-6-11-23-37(32)47(42(40)34-20-8-13-25-39(34)48)30-26-29-16-4-9-21-35(29)44-27-30/h1-27H. The van der Waals surface area contributed by atoms with Gasteiger partial charge >= 0.3 is 0 Å². The van der Waals surface area contributed by atoms with E-state index in [1.54, 1.807) is 0 Å². The summed E-state index contributed by atoms with van der Waals surface area (Å²) in [6.45, 7) is 0. The van der Waals surface area contributed by atoms with Crippen LogP contribution < -0.4 is 4.90 Å². The van der Waals surface area contributed by atoms with Crippen LogP contribution in [0.15, 0.2) is 164 Å². The molecule has 5 heteroatoms. The lowest BCUT2D eigenvalue weighted by molar-refractivity contribution is 1.10. The van der Waals surface area contributed by atoms with E-state index in [0.717, 1.165) is 72.5 Å². The van der Waals surface area contributed by atoms with Gasteiger partial charge in [0.05, 0.1) is 51.2 Å². The van der Waals surface area contributed by atoms with Crippen molar-refractivity contribution in [2.75, 3.05) is 4.90 Å². The lowest BCUT2D eigenvalue weighted by Gasteiger charge is -2.26. The molecule has 10 rings (SSSR count). The van der Waals surface area contributed by atoms with E-state index in [4.69, 9.17) is 15.0 Å². The van der Waals surface area contributed by atoms with Crippen molar-refractivity contribution in [1.29, 1.82) is 0 Å². The maximum absolute atomic E-state index is 5.36. The summed E-state index contributed by atoms with van der Waals surface area (Å²) in [4.78, 5) is 17.7. The van der Waals surface area contributed by atoms with Crippen LogP contribution in [-0.4, -0.2) is 19.5 Å². The molecule has 9 aromatic rings. The van der Waals surface area contributed by atoms with Crippen molar-refractivity contribution in [2.45, 2.75) is 0 Å². The van der Waals surface area contributed by atoms with E-state index < -0.39 is 0 Å². The zero-order valence-electron chi connectivity index (χ0n) is 25.8. The Morgan fingerprint density at radius 3 is 2.00 bits per heavy atom. The molecule has 0 fully saturated rings. The number of benzene rings is 6. The van der Waals surface area contributed by atoms with Crippen molar-refractivity contribution in [3.63, 3.8) is 0 Å². The van der Waals surface area contributed by atoms with Crippen LogP contribution in [-0.2, 0) is 0 Å². The Bertz CT molecular complexity index is 2690. The maximum Gasteiger partial charge on any atom is 0.235 e. The molecule has 48 heavy (non-hydrogen) atoms. The Morgan fingerprint density at radius 1 is 0.500 bits per heavy atom. The molecule has 5 nitrogen and oxygen atoms in total.